The molecule has 0 radical (unpaired) electrons. The lowest BCUT2D eigenvalue weighted by Gasteiger charge is -2.01. The molecule has 0 amide bonds. The summed E-state index contributed by atoms with van der Waals surface area (Å²) in [4.78, 5) is 11.5. The van der Waals surface area contributed by atoms with Crippen LogP contribution >= 0.6 is 0 Å². The summed E-state index contributed by atoms with van der Waals surface area (Å²) in [6.07, 6.45) is 2.83. The molecule has 0 aromatic heterocycles. The number of esters is 1. The van der Waals surface area contributed by atoms with Crippen molar-refractivity contribution in [3.8, 4) is 5.75 Å². The van der Waals surface area contributed by atoms with E-state index >= 15 is 0 Å². The van der Waals surface area contributed by atoms with Gasteiger partial charge < -0.3 is 9.84 Å². The zero-order valence-corrected chi connectivity index (χ0v) is 10.3. The maximum absolute atomic E-state index is 11.5. The standard InChI is InChI=1S/C16H14O3/c17-15-9-5-4-8-14(15)10-11-16(18)19-12-13-6-2-1-3-7-13/h1-11,17H,12H2/b11-10+. The minimum Gasteiger partial charge on any atom is -0.507 e. The van der Waals surface area contributed by atoms with Crippen LogP contribution in [0.4, 0.5) is 0 Å². The van der Waals surface area contributed by atoms with Crippen LogP contribution in [0.2, 0.25) is 0 Å². The van der Waals surface area contributed by atoms with Crippen LogP contribution in [0.1, 0.15) is 11.1 Å². The molecule has 3 heteroatoms. The quantitative estimate of drug-likeness (QED) is 0.673. The van der Waals surface area contributed by atoms with Crippen LogP contribution in [0.5, 0.6) is 5.75 Å². The highest BCUT2D eigenvalue weighted by Gasteiger charge is 1.99. The lowest BCUT2D eigenvalue weighted by molar-refractivity contribution is -0.138. The van der Waals surface area contributed by atoms with Gasteiger partial charge in [0.05, 0.1) is 0 Å². The van der Waals surface area contributed by atoms with Crippen molar-refractivity contribution in [1.82, 2.24) is 0 Å². The third kappa shape index (κ3) is 4.00. The van der Waals surface area contributed by atoms with E-state index in [2.05, 4.69) is 0 Å². The predicted molar refractivity (Wildman–Crippen MR) is 73.4 cm³/mol. The number of carbonyl (C=O) groups excluding carboxylic acids is 1. The second-order valence-corrected chi connectivity index (χ2v) is 3.99. The van der Waals surface area contributed by atoms with E-state index in [1.165, 1.54) is 12.2 Å². The highest BCUT2D eigenvalue weighted by Crippen LogP contribution is 2.16. The molecule has 0 aliphatic carbocycles. The van der Waals surface area contributed by atoms with E-state index in [1.807, 2.05) is 30.3 Å². The molecule has 0 heterocycles. The van der Waals surface area contributed by atoms with Crippen molar-refractivity contribution in [2.45, 2.75) is 6.61 Å². The van der Waals surface area contributed by atoms with E-state index in [1.54, 1.807) is 24.3 Å². The summed E-state index contributed by atoms with van der Waals surface area (Å²) in [5, 5.41) is 9.53. The van der Waals surface area contributed by atoms with Gasteiger partial charge in [0.2, 0.25) is 0 Å². The molecule has 0 spiro atoms. The maximum atomic E-state index is 11.5. The Bertz CT molecular complexity index is 574. The van der Waals surface area contributed by atoms with E-state index < -0.39 is 5.97 Å². The lowest BCUT2D eigenvalue weighted by atomic mass is 10.2. The molecule has 0 aliphatic heterocycles. The Morgan fingerprint density at radius 2 is 1.74 bits per heavy atom. The average molecular weight is 254 g/mol. The molecule has 1 N–H and O–H groups in total. The highest BCUT2D eigenvalue weighted by molar-refractivity contribution is 5.87. The van der Waals surface area contributed by atoms with Crippen molar-refractivity contribution >= 4 is 12.0 Å². The van der Waals surface area contributed by atoms with Crippen LogP contribution in [0.25, 0.3) is 6.08 Å². The van der Waals surface area contributed by atoms with Gasteiger partial charge in [-0.3, -0.25) is 0 Å². The zero-order valence-electron chi connectivity index (χ0n) is 10.3. The average Bonchev–Trinajstić information content (AvgIpc) is 2.45. The molecular weight excluding hydrogens is 240 g/mol. The molecule has 0 atom stereocenters. The number of phenolic OH excluding ortho intramolecular Hbond substituents is 1. The van der Waals surface area contributed by atoms with Crippen LogP contribution in [0, 0.1) is 0 Å². The monoisotopic (exact) mass is 254 g/mol. The fourth-order valence-electron chi connectivity index (χ4n) is 1.56. The van der Waals surface area contributed by atoms with Gasteiger partial charge in [0, 0.05) is 11.6 Å². The lowest BCUT2D eigenvalue weighted by Crippen LogP contribution is -2.00. The van der Waals surface area contributed by atoms with Gasteiger partial charge in [-0.15, -0.1) is 0 Å². The van der Waals surface area contributed by atoms with Crippen LogP contribution < -0.4 is 0 Å². The number of hydrogen-bond donors (Lipinski definition) is 1. The molecule has 0 unspecified atom stereocenters. The topological polar surface area (TPSA) is 46.5 Å². The Morgan fingerprint density at radius 1 is 1.05 bits per heavy atom. The Labute approximate surface area is 111 Å². The molecule has 0 bridgehead atoms. The Hall–Kier alpha value is -2.55. The first-order chi connectivity index (χ1) is 9.25. The summed E-state index contributed by atoms with van der Waals surface area (Å²) in [7, 11) is 0. The van der Waals surface area contributed by atoms with Crippen LogP contribution in [0.3, 0.4) is 0 Å². The van der Waals surface area contributed by atoms with Gasteiger partial charge in [0.1, 0.15) is 12.4 Å². The van der Waals surface area contributed by atoms with Crippen molar-refractivity contribution in [2.75, 3.05) is 0 Å². The first-order valence-corrected chi connectivity index (χ1v) is 5.92. The highest BCUT2D eigenvalue weighted by atomic mass is 16.5. The van der Waals surface area contributed by atoms with Gasteiger partial charge in [-0.2, -0.15) is 0 Å². The van der Waals surface area contributed by atoms with Crippen molar-refractivity contribution in [1.29, 1.82) is 0 Å². The van der Waals surface area contributed by atoms with Crippen LogP contribution in [-0.4, -0.2) is 11.1 Å². The second kappa shape index (κ2) is 6.40. The molecular formula is C16H14O3. The molecule has 3 nitrogen and oxygen atoms in total. The van der Waals surface area contributed by atoms with Crippen LogP contribution in [0.15, 0.2) is 60.7 Å². The third-order valence-corrected chi connectivity index (χ3v) is 2.56. The van der Waals surface area contributed by atoms with Crippen molar-refractivity contribution in [3.05, 3.63) is 71.8 Å². The summed E-state index contributed by atoms with van der Waals surface area (Å²) >= 11 is 0. The number of benzene rings is 2. The number of aromatic hydroxyl groups is 1. The number of para-hydroxylation sites is 1. The van der Waals surface area contributed by atoms with Gasteiger partial charge in [-0.1, -0.05) is 48.5 Å². The SMILES string of the molecule is O=C(/C=C/c1ccccc1O)OCc1ccccc1. The third-order valence-electron chi connectivity index (χ3n) is 2.56. The molecule has 2 aromatic rings. The normalized spacial score (nSPS) is 10.5. The van der Waals surface area contributed by atoms with Gasteiger partial charge in [0.25, 0.3) is 0 Å². The van der Waals surface area contributed by atoms with Gasteiger partial charge >= 0.3 is 5.97 Å². The summed E-state index contributed by atoms with van der Waals surface area (Å²) in [5.74, 6) is -0.304. The smallest absolute Gasteiger partial charge is 0.331 e. The molecule has 2 rings (SSSR count). The fraction of sp³-hybridized carbons (Fsp3) is 0.0625. The van der Waals surface area contributed by atoms with Crippen molar-refractivity contribution in [3.63, 3.8) is 0 Å². The predicted octanol–water partition coefficient (Wildman–Crippen LogP) is 3.15. The zero-order chi connectivity index (χ0) is 13.5. The molecule has 2 aromatic carbocycles. The van der Waals surface area contributed by atoms with Gasteiger partial charge in [-0.25, -0.2) is 4.79 Å². The number of carbonyl (C=O) groups is 1. The van der Waals surface area contributed by atoms with E-state index in [9.17, 15) is 9.90 Å². The minimum absolute atomic E-state index is 0.134. The molecule has 0 saturated carbocycles. The van der Waals surface area contributed by atoms with Crippen LogP contribution in [-0.2, 0) is 16.1 Å². The van der Waals surface area contributed by atoms with E-state index in [0.717, 1.165) is 5.56 Å². The molecule has 0 saturated heterocycles. The van der Waals surface area contributed by atoms with Crippen molar-refractivity contribution < 1.29 is 14.6 Å². The molecule has 96 valence electrons. The largest absolute Gasteiger partial charge is 0.507 e. The first-order valence-electron chi connectivity index (χ1n) is 5.92. The summed E-state index contributed by atoms with van der Waals surface area (Å²) in [5.41, 5.74) is 1.52. The van der Waals surface area contributed by atoms with E-state index in [4.69, 9.17) is 4.74 Å². The molecule has 19 heavy (non-hydrogen) atoms. The van der Waals surface area contributed by atoms with Gasteiger partial charge in [0.15, 0.2) is 0 Å². The number of phenols is 1. The first kappa shape index (κ1) is 12.9. The minimum atomic E-state index is -0.438. The maximum Gasteiger partial charge on any atom is 0.331 e. The van der Waals surface area contributed by atoms with Crippen molar-refractivity contribution in [2.24, 2.45) is 0 Å². The molecule has 0 aliphatic rings. The summed E-state index contributed by atoms with van der Waals surface area (Å²) in [6, 6.07) is 16.3. The number of rotatable bonds is 4. The van der Waals surface area contributed by atoms with E-state index in [0.29, 0.717) is 5.56 Å². The number of ether oxygens (including phenoxy) is 1. The number of hydrogen-bond acceptors (Lipinski definition) is 3. The summed E-state index contributed by atoms with van der Waals surface area (Å²) < 4.78 is 5.08. The molecule has 0 fully saturated rings. The Kier molecular flexibility index (Phi) is 4.34. The second-order valence-electron chi connectivity index (χ2n) is 3.99. The Balaban J connectivity index is 1.90. The van der Waals surface area contributed by atoms with Gasteiger partial charge in [-0.05, 0) is 17.7 Å². The Morgan fingerprint density at radius 3 is 2.47 bits per heavy atom. The van der Waals surface area contributed by atoms with E-state index in [-0.39, 0.29) is 12.4 Å². The fourth-order valence-corrected chi connectivity index (χ4v) is 1.56. The summed E-state index contributed by atoms with van der Waals surface area (Å²) in [6.45, 7) is 0.241.